The third kappa shape index (κ3) is 4.60. The average molecular weight is 359 g/mol. The molecular weight excluding hydrogens is 346 g/mol. The van der Waals surface area contributed by atoms with Crippen molar-refractivity contribution in [2.75, 3.05) is 0 Å². The van der Waals surface area contributed by atoms with E-state index in [1.165, 1.54) is 42.5 Å². The number of nitro groups is 2. The molecule has 0 heterocycles. The number of non-ortho nitro benzene ring substituents is 2. The first-order valence-corrected chi connectivity index (χ1v) is 7.29. The van der Waals surface area contributed by atoms with Gasteiger partial charge in [-0.25, -0.2) is 4.79 Å². The van der Waals surface area contributed by atoms with Crippen LogP contribution in [0.15, 0.2) is 48.5 Å². The standard InChI is InChI=1S/C16H13N3O7/c20-15(11-2-1-3-13(9-11)19(25)26)17-14(16(21)22)8-10-4-6-12(7-5-10)18(23)24/h1-7,9,14H,8H2,(H,17,20)(H,21,22)/t14-/m1/s1. The highest BCUT2D eigenvalue weighted by atomic mass is 16.6. The number of rotatable bonds is 7. The lowest BCUT2D eigenvalue weighted by molar-refractivity contribution is -0.385. The third-order valence-electron chi connectivity index (χ3n) is 3.51. The van der Waals surface area contributed by atoms with Crippen LogP contribution in [0.5, 0.6) is 0 Å². The van der Waals surface area contributed by atoms with Gasteiger partial charge < -0.3 is 10.4 Å². The number of nitrogens with zero attached hydrogens (tertiary/aromatic N) is 2. The highest BCUT2D eigenvalue weighted by molar-refractivity contribution is 5.97. The Morgan fingerprint density at radius 3 is 2.15 bits per heavy atom. The molecule has 0 aliphatic heterocycles. The molecule has 0 spiro atoms. The van der Waals surface area contributed by atoms with Crippen molar-refractivity contribution >= 4 is 23.3 Å². The summed E-state index contributed by atoms with van der Waals surface area (Å²) < 4.78 is 0. The van der Waals surface area contributed by atoms with Gasteiger partial charge in [-0.3, -0.25) is 25.0 Å². The summed E-state index contributed by atoms with van der Waals surface area (Å²) in [6.07, 6.45) is -0.103. The molecule has 0 radical (unpaired) electrons. The van der Waals surface area contributed by atoms with Gasteiger partial charge in [-0.15, -0.1) is 0 Å². The SMILES string of the molecule is O=C(N[C@H](Cc1ccc([N+](=O)[O-])cc1)C(=O)O)c1cccc([N+](=O)[O-])c1. The van der Waals surface area contributed by atoms with Crippen molar-refractivity contribution < 1.29 is 24.5 Å². The molecule has 0 aliphatic carbocycles. The second-order valence-electron chi connectivity index (χ2n) is 5.30. The first-order chi connectivity index (χ1) is 12.3. The number of amides is 1. The Labute approximate surface area is 146 Å². The summed E-state index contributed by atoms with van der Waals surface area (Å²) in [5.74, 6) is -2.08. The minimum Gasteiger partial charge on any atom is -0.480 e. The molecule has 10 nitrogen and oxygen atoms in total. The van der Waals surface area contributed by atoms with Crippen LogP contribution >= 0.6 is 0 Å². The van der Waals surface area contributed by atoms with E-state index in [0.717, 1.165) is 6.07 Å². The van der Waals surface area contributed by atoms with Crippen molar-refractivity contribution in [2.24, 2.45) is 0 Å². The lowest BCUT2D eigenvalue weighted by Crippen LogP contribution is -2.42. The molecule has 2 N–H and O–H groups in total. The quantitative estimate of drug-likeness (QED) is 0.565. The van der Waals surface area contributed by atoms with Crippen LogP contribution in [0.3, 0.4) is 0 Å². The zero-order valence-electron chi connectivity index (χ0n) is 13.2. The van der Waals surface area contributed by atoms with Crippen molar-refractivity contribution in [2.45, 2.75) is 12.5 Å². The minimum absolute atomic E-state index is 0.0471. The second-order valence-corrected chi connectivity index (χ2v) is 5.30. The normalized spacial score (nSPS) is 11.4. The van der Waals surface area contributed by atoms with Gasteiger partial charge in [0.2, 0.25) is 0 Å². The van der Waals surface area contributed by atoms with E-state index in [1.54, 1.807) is 0 Å². The molecule has 1 amide bonds. The lowest BCUT2D eigenvalue weighted by atomic mass is 10.0. The Balaban J connectivity index is 2.13. The zero-order valence-corrected chi connectivity index (χ0v) is 13.2. The number of nitrogens with one attached hydrogen (secondary N) is 1. The van der Waals surface area contributed by atoms with Crippen LogP contribution in [0.25, 0.3) is 0 Å². The summed E-state index contributed by atoms with van der Waals surface area (Å²) in [6.45, 7) is 0. The number of nitro benzene ring substituents is 2. The monoisotopic (exact) mass is 359 g/mol. The first kappa shape index (κ1) is 18.5. The molecule has 0 unspecified atom stereocenters. The van der Waals surface area contributed by atoms with Crippen LogP contribution in [-0.4, -0.2) is 32.9 Å². The van der Waals surface area contributed by atoms with Crippen LogP contribution < -0.4 is 5.32 Å². The molecule has 2 aromatic carbocycles. The molecule has 0 bridgehead atoms. The van der Waals surface area contributed by atoms with Gasteiger partial charge in [0.05, 0.1) is 9.85 Å². The summed E-state index contributed by atoms with van der Waals surface area (Å²) in [4.78, 5) is 43.7. The smallest absolute Gasteiger partial charge is 0.326 e. The van der Waals surface area contributed by atoms with Gasteiger partial charge >= 0.3 is 5.97 Å². The maximum Gasteiger partial charge on any atom is 0.326 e. The predicted molar refractivity (Wildman–Crippen MR) is 88.8 cm³/mol. The van der Waals surface area contributed by atoms with Crippen molar-refractivity contribution in [3.63, 3.8) is 0 Å². The summed E-state index contributed by atoms with van der Waals surface area (Å²) in [7, 11) is 0. The van der Waals surface area contributed by atoms with Crippen LogP contribution in [0.1, 0.15) is 15.9 Å². The summed E-state index contributed by atoms with van der Waals surface area (Å²) >= 11 is 0. The molecule has 0 aliphatic rings. The largest absolute Gasteiger partial charge is 0.480 e. The number of carboxylic acid groups (broad SMARTS) is 1. The van der Waals surface area contributed by atoms with Gasteiger partial charge in [-0.05, 0) is 11.6 Å². The number of carbonyl (C=O) groups excluding carboxylic acids is 1. The third-order valence-corrected chi connectivity index (χ3v) is 3.51. The molecule has 1 atom stereocenters. The van der Waals surface area contributed by atoms with Crippen molar-refractivity contribution in [3.05, 3.63) is 79.9 Å². The van der Waals surface area contributed by atoms with E-state index in [1.807, 2.05) is 0 Å². The fourth-order valence-corrected chi connectivity index (χ4v) is 2.19. The van der Waals surface area contributed by atoms with Crippen LogP contribution in [-0.2, 0) is 11.2 Å². The Kier molecular flexibility index (Phi) is 5.58. The maximum absolute atomic E-state index is 12.2. The van der Waals surface area contributed by atoms with E-state index in [2.05, 4.69) is 5.32 Å². The minimum atomic E-state index is -1.30. The van der Waals surface area contributed by atoms with Crippen LogP contribution in [0.2, 0.25) is 0 Å². The molecule has 0 fully saturated rings. The molecule has 10 heteroatoms. The van der Waals surface area contributed by atoms with E-state index in [9.17, 15) is 34.9 Å². The Hall–Kier alpha value is -3.82. The van der Waals surface area contributed by atoms with Crippen LogP contribution in [0.4, 0.5) is 11.4 Å². The maximum atomic E-state index is 12.2. The van der Waals surface area contributed by atoms with Crippen molar-refractivity contribution in [1.82, 2.24) is 5.32 Å². The van der Waals surface area contributed by atoms with E-state index < -0.39 is 27.8 Å². The molecule has 0 aromatic heterocycles. The Bertz CT molecular complexity index is 864. The van der Waals surface area contributed by atoms with E-state index in [0.29, 0.717) is 5.56 Å². The second kappa shape index (κ2) is 7.83. The number of hydrogen-bond donors (Lipinski definition) is 2. The zero-order chi connectivity index (χ0) is 19.3. The molecule has 0 saturated carbocycles. The molecule has 134 valence electrons. The van der Waals surface area contributed by atoms with Gasteiger partial charge in [-0.1, -0.05) is 18.2 Å². The fourth-order valence-electron chi connectivity index (χ4n) is 2.19. The molecule has 26 heavy (non-hydrogen) atoms. The number of aliphatic carboxylic acids is 1. The van der Waals surface area contributed by atoms with Gasteiger partial charge in [0, 0.05) is 36.2 Å². The van der Waals surface area contributed by atoms with Gasteiger partial charge in [0.15, 0.2) is 0 Å². The van der Waals surface area contributed by atoms with E-state index in [-0.39, 0.29) is 23.4 Å². The summed E-state index contributed by atoms with van der Waals surface area (Å²) in [5, 5.41) is 33.0. The molecular formula is C16H13N3O7. The highest BCUT2D eigenvalue weighted by Crippen LogP contribution is 2.15. The number of hydrogen-bond acceptors (Lipinski definition) is 6. The predicted octanol–water partition coefficient (Wildman–Crippen LogP) is 1.93. The number of carboxylic acids is 1. The van der Waals surface area contributed by atoms with Gasteiger partial charge in [0.1, 0.15) is 6.04 Å². The van der Waals surface area contributed by atoms with Crippen molar-refractivity contribution in [1.29, 1.82) is 0 Å². The average Bonchev–Trinajstić information content (AvgIpc) is 2.61. The van der Waals surface area contributed by atoms with E-state index >= 15 is 0 Å². The van der Waals surface area contributed by atoms with E-state index in [4.69, 9.17) is 0 Å². The lowest BCUT2D eigenvalue weighted by Gasteiger charge is -2.14. The van der Waals surface area contributed by atoms with Gasteiger partial charge in [0.25, 0.3) is 17.3 Å². The fraction of sp³-hybridized carbons (Fsp3) is 0.125. The molecule has 2 rings (SSSR count). The Morgan fingerprint density at radius 2 is 1.62 bits per heavy atom. The topological polar surface area (TPSA) is 153 Å². The molecule has 2 aromatic rings. The summed E-state index contributed by atoms with van der Waals surface area (Å²) in [6, 6.07) is 8.85. The van der Waals surface area contributed by atoms with Crippen LogP contribution in [0, 0.1) is 20.2 Å². The molecule has 0 saturated heterocycles. The summed E-state index contributed by atoms with van der Waals surface area (Å²) in [5.41, 5.74) is -0.00218. The number of benzene rings is 2. The highest BCUT2D eigenvalue weighted by Gasteiger charge is 2.22. The van der Waals surface area contributed by atoms with Crippen molar-refractivity contribution in [3.8, 4) is 0 Å². The Morgan fingerprint density at radius 1 is 1.00 bits per heavy atom. The van der Waals surface area contributed by atoms with Gasteiger partial charge in [-0.2, -0.15) is 0 Å². The number of carbonyl (C=O) groups is 2. The first-order valence-electron chi connectivity index (χ1n) is 7.29.